The second-order valence-corrected chi connectivity index (χ2v) is 7.15. The Labute approximate surface area is 157 Å². The zero-order chi connectivity index (χ0) is 18.5. The summed E-state index contributed by atoms with van der Waals surface area (Å²) in [5.41, 5.74) is 4.48. The summed E-state index contributed by atoms with van der Waals surface area (Å²) in [6.45, 7) is 6.55. The van der Waals surface area contributed by atoms with E-state index >= 15 is 0 Å². The molecule has 0 aliphatic carbocycles. The van der Waals surface area contributed by atoms with E-state index in [1.807, 2.05) is 60.9 Å². The van der Waals surface area contributed by atoms with Gasteiger partial charge < -0.3 is 5.32 Å². The number of para-hydroxylation sites is 1. The van der Waals surface area contributed by atoms with Crippen LogP contribution in [-0.4, -0.2) is 26.4 Å². The number of benzene rings is 2. The second kappa shape index (κ2) is 8.19. The molecule has 26 heavy (non-hydrogen) atoms. The largest absolute Gasteiger partial charge is 0.351 e. The van der Waals surface area contributed by atoms with Crippen LogP contribution in [0.1, 0.15) is 22.5 Å². The molecule has 3 rings (SSSR count). The standard InChI is InChI=1S/C20H22N4OS/c1-14-8-10-17(11-9-14)12-21-19(25)13-26-20-23-22-16(3)24(20)18-7-5-4-6-15(18)2/h4-11H,12-13H2,1-3H3,(H,21,25). The maximum atomic E-state index is 12.2. The molecule has 0 radical (unpaired) electrons. The van der Waals surface area contributed by atoms with E-state index in [0.717, 1.165) is 27.8 Å². The molecule has 0 fully saturated rings. The third-order valence-corrected chi connectivity index (χ3v) is 5.02. The second-order valence-electron chi connectivity index (χ2n) is 6.20. The van der Waals surface area contributed by atoms with Gasteiger partial charge in [0.15, 0.2) is 5.16 Å². The lowest BCUT2D eigenvalue weighted by molar-refractivity contribution is -0.118. The van der Waals surface area contributed by atoms with Crippen molar-refractivity contribution in [3.05, 3.63) is 71.0 Å². The van der Waals surface area contributed by atoms with Gasteiger partial charge in [0.05, 0.1) is 11.4 Å². The maximum Gasteiger partial charge on any atom is 0.230 e. The summed E-state index contributed by atoms with van der Waals surface area (Å²) < 4.78 is 1.99. The zero-order valence-electron chi connectivity index (χ0n) is 15.2. The topological polar surface area (TPSA) is 59.8 Å². The molecule has 0 bridgehead atoms. The Bertz CT molecular complexity index is 902. The molecule has 134 valence electrons. The minimum atomic E-state index is -0.0208. The number of aryl methyl sites for hydroxylation is 3. The van der Waals surface area contributed by atoms with Gasteiger partial charge in [-0.1, -0.05) is 59.8 Å². The molecule has 0 saturated carbocycles. The highest BCUT2D eigenvalue weighted by molar-refractivity contribution is 7.99. The Kier molecular flexibility index (Phi) is 5.73. The van der Waals surface area contributed by atoms with Gasteiger partial charge in [0.1, 0.15) is 5.82 Å². The number of aromatic nitrogens is 3. The quantitative estimate of drug-likeness (QED) is 0.677. The van der Waals surface area contributed by atoms with Crippen LogP contribution in [0, 0.1) is 20.8 Å². The van der Waals surface area contributed by atoms with Crippen molar-refractivity contribution < 1.29 is 4.79 Å². The van der Waals surface area contributed by atoms with Crippen LogP contribution in [0.2, 0.25) is 0 Å². The summed E-state index contributed by atoms with van der Waals surface area (Å²) in [6.07, 6.45) is 0. The molecule has 0 aliphatic heterocycles. The van der Waals surface area contributed by atoms with Gasteiger partial charge >= 0.3 is 0 Å². The Morgan fingerprint density at radius 2 is 1.77 bits per heavy atom. The molecule has 0 unspecified atom stereocenters. The van der Waals surface area contributed by atoms with Crippen LogP contribution in [0.3, 0.4) is 0 Å². The molecular weight excluding hydrogens is 344 g/mol. The number of carbonyl (C=O) groups excluding carboxylic acids is 1. The number of hydrogen-bond donors (Lipinski definition) is 1. The van der Waals surface area contributed by atoms with E-state index in [1.165, 1.54) is 17.3 Å². The van der Waals surface area contributed by atoms with Crippen LogP contribution >= 0.6 is 11.8 Å². The van der Waals surface area contributed by atoms with Gasteiger partial charge in [-0.3, -0.25) is 9.36 Å². The lowest BCUT2D eigenvalue weighted by atomic mass is 10.1. The summed E-state index contributed by atoms with van der Waals surface area (Å²) in [5.74, 6) is 1.09. The minimum Gasteiger partial charge on any atom is -0.351 e. The fourth-order valence-electron chi connectivity index (χ4n) is 2.62. The van der Waals surface area contributed by atoms with Crippen molar-refractivity contribution in [1.82, 2.24) is 20.1 Å². The van der Waals surface area contributed by atoms with Gasteiger partial charge in [0, 0.05) is 6.54 Å². The number of nitrogens with one attached hydrogen (secondary N) is 1. The Morgan fingerprint density at radius 3 is 2.50 bits per heavy atom. The van der Waals surface area contributed by atoms with Crippen LogP contribution in [0.25, 0.3) is 5.69 Å². The molecule has 2 aromatic carbocycles. The Balaban J connectivity index is 1.62. The van der Waals surface area contributed by atoms with Crippen LogP contribution in [0.5, 0.6) is 0 Å². The van der Waals surface area contributed by atoms with Crippen molar-refractivity contribution in [2.45, 2.75) is 32.5 Å². The molecule has 0 atom stereocenters. The first-order chi connectivity index (χ1) is 12.5. The van der Waals surface area contributed by atoms with Crippen LogP contribution in [0.4, 0.5) is 0 Å². The molecule has 1 N–H and O–H groups in total. The summed E-state index contributed by atoms with van der Waals surface area (Å²) >= 11 is 1.39. The van der Waals surface area contributed by atoms with E-state index in [9.17, 15) is 4.79 Å². The smallest absolute Gasteiger partial charge is 0.230 e. The van der Waals surface area contributed by atoms with Crippen molar-refractivity contribution in [3.8, 4) is 5.69 Å². The third kappa shape index (κ3) is 4.32. The number of thioether (sulfide) groups is 1. The van der Waals surface area contributed by atoms with Crippen LogP contribution < -0.4 is 5.32 Å². The summed E-state index contributed by atoms with van der Waals surface area (Å²) in [5, 5.41) is 12.1. The fraction of sp³-hybridized carbons (Fsp3) is 0.250. The van der Waals surface area contributed by atoms with E-state index in [4.69, 9.17) is 0 Å². The van der Waals surface area contributed by atoms with Gasteiger partial charge in [0.25, 0.3) is 0 Å². The first-order valence-corrected chi connectivity index (χ1v) is 9.46. The molecule has 0 spiro atoms. The first kappa shape index (κ1) is 18.2. The van der Waals surface area contributed by atoms with E-state index in [0.29, 0.717) is 12.3 Å². The summed E-state index contributed by atoms with van der Waals surface area (Å²) in [4.78, 5) is 12.2. The molecule has 6 heteroatoms. The van der Waals surface area contributed by atoms with E-state index in [1.54, 1.807) is 0 Å². The Morgan fingerprint density at radius 1 is 1.04 bits per heavy atom. The van der Waals surface area contributed by atoms with Gasteiger partial charge in [0.2, 0.25) is 5.91 Å². The number of hydrogen-bond acceptors (Lipinski definition) is 4. The van der Waals surface area contributed by atoms with Gasteiger partial charge in [-0.25, -0.2) is 0 Å². The lowest BCUT2D eigenvalue weighted by Crippen LogP contribution is -2.24. The van der Waals surface area contributed by atoms with E-state index in [2.05, 4.69) is 28.5 Å². The monoisotopic (exact) mass is 366 g/mol. The van der Waals surface area contributed by atoms with E-state index < -0.39 is 0 Å². The van der Waals surface area contributed by atoms with Crippen molar-refractivity contribution in [1.29, 1.82) is 0 Å². The van der Waals surface area contributed by atoms with Gasteiger partial charge in [-0.05, 0) is 38.0 Å². The molecule has 0 saturated heterocycles. The maximum absolute atomic E-state index is 12.2. The van der Waals surface area contributed by atoms with Crippen LogP contribution in [0.15, 0.2) is 53.7 Å². The highest BCUT2D eigenvalue weighted by Gasteiger charge is 2.14. The summed E-state index contributed by atoms with van der Waals surface area (Å²) in [7, 11) is 0. The molecule has 1 amide bonds. The van der Waals surface area contributed by atoms with Crippen molar-refractivity contribution >= 4 is 17.7 Å². The van der Waals surface area contributed by atoms with Crippen LogP contribution in [-0.2, 0) is 11.3 Å². The van der Waals surface area contributed by atoms with Gasteiger partial charge in [-0.15, -0.1) is 10.2 Å². The minimum absolute atomic E-state index is 0.0208. The average molecular weight is 366 g/mol. The lowest BCUT2D eigenvalue weighted by Gasteiger charge is -2.11. The molecule has 1 aromatic heterocycles. The number of nitrogens with zero attached hydrogens (tertiary/aromatic N) is 3. The number of carbonyl (C=O) groups is 1. The molecule has 5 nitrogen and oxygen atoms in total. The predicted octanol–water partition coefficient (Wildman–Crippen LogP) is 3.60. The predicted molar refractivity (Wildman–Crippen MR) is 105 cm³/mol. The first-order valence-electron chi connectivity index (χ1n) is 8.47. The van der Waals surface area contributed by atoms with Gasteiger partial charge in [-0.2, -0.15) is 0 Å². The van der Waals surface area contributed by atoms with E-state index in [-0.39, 0.29) is 5.91 Å². The fourth-order valence-corrected chi connectivity index (χ4v) is 3.44. The number of amides is 1. The van der Waals surface area contributed by atoms with Crippen molar-refractivity contribution in [2.75, 3.05) is 5.75 Å². The zero-order valence-corrected chi connectivity index (χ0v) is 16.0. The molecular formula is C20H22N4OS. The molecule has 1 heterocycles. The number of rotatable bonds is 6. The SMILES string of the molecule is Cc1ccc(CNC(=O)CSc2nnc(C)n2-c2ccccc2C)cc1. The summed E-state index contributed by atoms with van der Waals surface area (Å²) in [6, 6.07) is 16.2. The highest BCUT2D eigenvalue weighted by atomic mass is 32.2. The van der Waals surface area contributed by atoms with Crippen molar-refractivity contribution in [3.63, 3.8) is 0 Å². The Hall–Kier alpha value is -2.60. The highest BCUT2D eigenvalue weighted by Crippen LogP contribution is 2.23. The molecule has 3 aromatic rings. The average Bonchev–Trinajstić information content (AvgIpc) is 3.00. The normalized spacial score (nSPS) is 10.7. The van der Waals surface area contributed by atoms with Crippen molar-refractivity contribution in [2.24, 2.45) is 0 Å². The molecule has 0 aliphatic rings. The third-order valence-electron chi connectivity index (χ3n) is 4.09.